The Hall–Kier alpha value is -4.17. The summed E-state index contributed by atoms with van der Waals surface area (Å²) in [5.74, 6) is -0.463. The normalized spacial score (nSPS) is 16.9. The van der Waals surface area contributed by atoms with Crippen molar-refractivity contribution in [2.45, 2.75) is 49.6 Å². The number of sulfonamides is 1. The van der Waals surface area contributed by atoms with E-state index in [2.05, 4.69) is 20.0 Å². The van der Waals surface area contributed by atoms with Gasteiger partial charge in [0.15, 0.2) is 0 Å². The van der Waals surface area contributed by atoms with E-state index in [1.807, 2.05) is 0 Å². The fourth-order valence-electron chi connectivity index (χ4n) is 3.70. The van der Waals surface area contributed by atoms with E-state index < -0.39 is 26.9 Å². The van der Waals surface area contributed by atoms with Gasteiger partial charge in [-0.2, -0.15) is 0 Å². The van der Waals surface area contributed by atoms with Gasteiger partial charge in [-0.3, -0.25) is 10.1 Å². The zero-order chi connectivity index (χ0) is 27.4. The average Bonchev–Trinajstić information content (AvgIpc) is 2.82. The third kappa shape index (κ3) is 6.58. The second kappa shape index (κ2) is 11.1. The van der Waals surface area contributed by atoms with Gasteiger partial charge in [-0.1, -0.05) is 0 Å². The summed E-state index contributed by atoms with van der Waals surface area (Å²) in [5, 5.41) is 13.4. The van der Waals surface area contributed by atoms with E-state index in [4.69, 9.17) is 9.47 Å². The summed E-state index contributed by atoms with van der Waals surface area (Å²) in [5.41, 5.74) is 0.704. The molecule has 2 aromatic carbocycles. The number of non-ortho nitro benzene ring substituents is 1. The van der Waals surface area contributed by atoms with Gasteiger partial charge in [0.05, 0.1) is 15.5 Å². The Bertz CT molecular complexity index is 1430. The van der Waals surface area contributed by atoms with E-state index in [0.717, 1.165) is 11.6 Å². The van der Waals surface area contributed by atoms with Crippen LogP contribution in [0.5, 0.6) is 5.75 Å². The van der Waals surface area contributed by atoms with Crippen molar-refractivity contribution >= 4 is 33.5 Å². The summed E-state index contributed by atoms with van der Waals surface area (Å²) in [6.07, 6.45) is 2.95. The lowest BCUT2D eigenvalue weighted by Gasteiger charge is -2.34. The predicted molar refractivity (Wildman–Crippen MR) is 133 cm³/mol. The Kier molecular flexibility index (Phi) is 7.83. The van der Waals surface area contributed by atoms with Crippen LogP contribution in [0.3, 0.4) is 0 Å². The first-order chi connectivity index (χ1) is 18.0. The molecule has 0 spiro atoms. The van der Waals surface area contributed by atoms with Crippen LogP contribution in [0.15, 0.2) is 59.8 Å². The van der Waals surface area contributed by atoms with E-state index >= 15 is 0 Å². The lowest BCUT2D eigenvalue weighted by atomic mass is 9.78. The van der Waals surface area contributed by atoms with Crippen molar-refractivity contribution in [2.24, 2.45) is 0 Å². The predicted octanol–water partition coefficient (Wildman–Crippen LogP) is 4.42. The van der Waals surface area contributed by atoms with E-state index in [-0.39, 0.29) is 46.0 Å². The monoisotopic (exact) mass is 545 g/mol. The van der Waals surface area contributed by atoms with Crippen LogP contribution in [0.1, 0.15) is 38.2 Å². The minimum absolute atomic E-state index is 0.0184. The van der Waals surface area contributed by atoms with E-state index in [1.54, 1.807) is 26.2 Å². The van der Waals surface area contributed by atoms with Gasteiger partial charge in [0.25, 0.3) is 5.69 Å². The molecule has 1 fully saturated rings. The molecule has 38 heavy (non-hydrogen) atoms. The van der Waals surface area contributed by atoms with Gasteiger partial charge < -0.3 is 14.8 Å². The molecule has 2 N–H and O–H groups in total. The van der Waals surface area contributed by atoms with Crippen LogP contribution < -0.4 is 14.8 Å². The average molecular weight is 546 g/mol. The first-order valence-corrected chi connectivity index (χ1v) is 13.0. The molecule has 12 nitrogen and oxygen atoms in total. The summed E-state index contributed by atoms with van der Waals surface area (Å²) in [4.78, 5) is 30.3. The number of benzene rings is 2. The Morgan fingerprint density at radius 2 is 1.79 bits per heavy atom. The van der Waals surface area contributed by atoms with Crippen molar-refractivity contribution in [1.82, 2.24) is 14.7 Å². The highest BCUT2D eigenvalue weighted by Gasteiger charge is 2.34. The van der Waals surface area contributed by atoms with Crippen LogP contribution in [0, 0.1) is 15.9 Å². The van der Waals surface area contributed by atoms with Crippen molar-refractivity contribution in [1.29, 1.82) is 0 Å². The summed E-state index contributed by atoms with van der Waals surface area (Å²) in [7, 11) is -3.83. The Morgan fingerprint density at radius 3 is 2.37 bits per heavy atom. The van der Waals surface area contributed by atoms with E-state index in [9.17, 15) is 27.7 Å². The lowest BCUT2D eigenvalue weighted by molar-refractivity contribution is -0.384. The maximum Gasteiger partial charge on any atom is 0.514 e. The van der Waals surface area contributed by atoms with Gasteiger partial charge in [-0.15, -0.1) is 0 Å². The number of nitrogens with zero attached hydrogens (tertiary/aromatic N) is 3. The molecular formula is C24H24FN5O7S. The molecule has 3 aromatic rings. The molecular weight excluding hydrogens is 521 g/mol. The molecule has 0 unspecified atom stereocenters. The van der Waals surface area contributed by atoms with Crippen molar-refractivity contribution < 1.29 is 32.0 Å². The fourth-order valence-corrected chi connectivity index (χ4v) is 4.97. The molecule has 1 heterocycles. The van der Waals surface area contributed by atoms with Crippen LogP contribution in [-0.4, -0.2) is 41.6 Å². The number of hydrogen-bond acceptors (Lipinski definition) is 10. The highest BCUT2D eigenvalue weighted by atomic mass is 32.2. The molecule has 1 aromatic heterocycles. The highest BCUT2D eigenvalue weighted by molar-refractivity contribution is 7.89. The number of anilines is 2. The standard InChI is InChI=1S/C24H24FN5O7S/c1-14(2)29-38(34,35)20-7-8-22(21(25)11-20)28-23-26-12-16(13-27-23)15-9-19(10-15)37-24(31)36-18-5-3-17(4-6-18)30(32)33/h3-8,11-15,19,29H,9-10H2,1-2H3,(H,26,27,28). The number of nitro benzene ring substituents is 1. The molecule has 1 aliphatic carbocycles. The highest BCUT2D eigenvalue weighted by Crippen LogP contribution is 2.38. The number of nitro groups is 1. The summed E-state index contributed by atoms with van der Waals surface area (Å²) in [6.45, 7) is 3.33. The molecule has 0 bridgehead atoms. The number of carbonyl (C=O) groups excluding carboxylic acids is 1. The number of carbonyl (C=O) groups is 1. The molecule has 0 atom stereocenters. The van der Waals surface area contributed by atoms with Crippen molar-refractivity contribution in [3.63, 3.8) is 0 Å². The largest absolute Gasteiger partial charge is 0.514 e. The van der Waals surface area contributed by atoms with Crippen molar-refractivity contribution in [3.05, 3.63) is 76.4 Å². The summed E-state index contributed by atoms with van der Waals surface area (Å²) in [6, 6.07) is 8.23. The van der Waals surface area contributed by atoms with Crippen LogP contribution in [-0.2, 0) is 14.8 Å². The van der Waals surface area contributed by atoms with Crippen LogP contribution in [0.4, 0.5) is 26.5 Å². The third-order valence-electron chi connectivity index (χ3n) is 5.64. The Labute approximate surface area is 217 Å². The van der Waals surface area contributed by atoms with Crippen LogP contribution >= 0.6 is 0 Å². The van der Waals surface area contributed by atoms with Gasteiger partial charge in [0.2, 0.25) is 16.0 Å². The second-order valence-electron chi connectivity index (χ2n) is 8.89. The first-order valence-electron chi connectivity index (χ1n) is 11.5. The smallest absolute Gasteiger partial charge is 0.431 e. The molecule has 1 aliphatic rings. The molecule has 1 saturated carbocycles. The molecule has 4 rings (SSSR count). The van der Waals surface area contributed by atoms with Crippen molar-refractivity contribution in [3.8, 4) is 5.75 Å². The van der Waals surface area contributed by atoms with Gasteiger partial charge in [0, 0.05) is 30.6 Å². The minimum Gasteiger partial charge on any atom is -0.431 e. The Balaban J connectivity index is 1.27. The van der Waals surface area contributed by atoms with Crippen molar-refractivity contribution in [2.75, 3.05) is 5.32 Å². The molecule has 0 amide bonds. The summed E-state index contributed by atoms with van der Waals surface area (Å²) >= 11 is 0. The number of ether oxygens (including phenoxy) is 2. The molecule has 0 saturated heterocycles. The van der Waals surface area contributed by atoms with E-state index in [0.29, 0.717) is 12.8 Å². The first kappa shape index (κ1) is 26.9. The zero-order valence-corrected chi connectivity index (χ0v) is 21.1. The van der Waals surface area contributed by atoms with Crippen LogP contribution in [0.2, 0.25) is 0 Å². The number of nitrogens with one attached hydrogen (secondary N) is 2. The van der Waals surface area contributed by atoms with Gasteiger partial charge in [-0.25, -0.2) is 32.3 Å². The molecule has 14 heteroatoms. The fraction of sp³-hybridized carbons (Fsp3) is 0.292. The number of aromatic nitrogens is 2. The number of hydrogen-bond donors (Lipinski definition) is 2. The number of rotatable bonds is 9. The second-order valence-corrected chi connectivity index (χ2v) is 10.6. The minimum atomic E-state index is -3.83. The molecule has 200 valence electrons. The quantitative estimate of drug-likeness (QED) is 0.170. The lowest BCUT2D eigenvalue weighted by Crippen LogP contribution is -2.33. The maximum absolute atomic E-state index is 14.5. The van der Waals surface area contributed by atoms with Gasteiger partial charge in [0.1, 0.15) is 17.7 Å². The maximum atomic E-state index is 14.5. The molecule has 0 radical (unpaired) electrons. The topological polar surface area (TPSA) is 163 Å². The van der Waals surface area contributed by atoms with Gasteiger partial charge >= 0.3 is 6.16 Å². The summed E-state index contributed by atoms with van der Waals surface area (Å²) < 4.78 is 51.6. The molecule has 0 aliphatic heterocycles. The van der Waals surface area contributed by atoms with Crippen LogP contribution in [0.25, 0.3) is 0 Å². The SMILES string of the molecule is CC(C)NS(=O)(=O)c1ccc(Nc2ncc(C3CC(OC(=O)Oc4ccc([N+](=O)[O-])cc4)C3)cn2)c(F)c1. The zero-order valence-electron chi connectivity index (χ0n) is 20.3. The third-order valence-corrected chi connectivity index (χ3v) is 7.29. The van der Waals surface area contributed by atoms with Gasteiger partial charge in [-0.05, 0) is 68.5 Å². The number of halogens is 1. The van der Waals surface area contributed by atoms with E-state index in [1.165, 1.54) is 36.4 Å². The Morgan fingerprint density at radius 1 is 1.13 bits per heavy atom.